The minimum atomic E-state index is -0.377. The van der Waals surface area contributed by atoms with Crippen LogP contribution in [0.4, 0.5) is 0 Å². The van der Waals surface area contributed by atoms with Crippen molar-refractivity contribution in [3.8, 4) is 0 Å². The van der Waals surface area contributed by atoms with Crippen LogP contribution >= 0.6 is 0 Å². The zero-order valence-electron chi connectivity index (χ0n) is 9.94. The highest BCUT2D eigenvalue weighted by molar-refractivity contribution is 5.76. The van der Waals surface area contributed by atoms with Crippen LogP contribution in [-0.2, 0) is 14.3 Å². The summed E-state index contributed by atoms with van der Waals surface area (Å²) in [6.07, 6.45) is 1.67. The first kappa shape index (κ1) is 14.6. The van der Waals surface area contributed by atoms with E-state index in [4.69, 9.17) is 10.5 Å². The van der Waals surface area contributed by atoms with Crippen LogP contribution < -0.4 is 5.73 Å². The van der Waals surface area contributed by atoms with E-state index in [1.807, 2.05) is 0 Å². The molecule has 0 fully saturated rings. The smallest absolute Gasteiger partial charge is 0.320 e. The minimum absolute atomic E-state index is 0.150. The molecule has 0 aromatic carbocycles. The van der Waals surface area contributed by atoms with E-state index in [0.29, 0.717) is 19.7 Å². The van der Waals surface area contributed by atoms with Crippen molar-refractivity contribution >= 4 is 11.9 Å². The highest BCUT2D eigenvalue weighted by Crippen LogP contribution is 2.00. The number of rotatable bonds is 8. The van der Waals surface area contributed by atoms with E-state index >= 15 is 0 Å². The number of primary amides is 1. The molecule has 1 atom stereocenters. The highest BCUT2D eigenvalue weighted by Gasteiger charge is 2.16. The van der Waals surface area contributed by atoms with Gasteiger partial charge in [0.2, 0.25) is 5.91 Å². The lowest BCUT2D eigenvalue weighted by molar-refractivity contribution is -0.144. The Morgan fingerprint density at radius 3 is 2.62 bits per heavy atom. The van der Waals surface area contributed by atoms with Crippen molar-refractivity contribution in [1.82, 2.24) is 4.90 Å². The molecule has 5 nitrogen and oxygen atoms in total. The van der Waals surface area contributed by atoms with Crippen molar-refractivity contribution < 1.29 is 14.3 Å². The first-order chi connectivity index (χ1) is 7.51. The Kier molecular flexibility index (Phi) is 7.20. The number of nitrogens with two attached hydrogens (primary N) is 1. The lowest BCUT2D eigenvalue weighted by Crippen LogP contribution is -2.38. The molecule has 0 spiro atoms. The van der Waals surface area contributed by atoms with Gasteiger partial charge in [0.15, 0.2) is 0 Å². The number of carbonyl (C=O) groups excluding carboxylic acids is 2. The largest absolute Gasteiger partial charge is 0.465 e. The van der Waals surface area contributed by atoms with Gasteiger partial charge in [-0.1, -0.05) is 13.0 Å². The van der Waals surface area contributed by atoms with Gasteiger partial charge in [0.25, 0.3) is 0 Å². The van der Waals surface area contributed by atoms with E-state index < -0.39 is 0 Å². The Morgan fingerprint density at radius 1 is 1.56 bits per heavy atom. The van der Waals surface area contributed by atoms with Crippen molar-refractivity contribution in [3.05, 3.63) is 12.7 Å². The molecule has 0 saturated heterocycles. The molecule has 0 radical (unpaired) electrons. The fraction of sp³-hybridized carbons (Fsp3) is 0.636. The Balaban J connectivity index is 4.20. The summed E-state index contributed by atoms with van der Waals surface area (Å²) in [7, 11) is 0. The van der Waals surface area contributed by atoms with Crippen molar-refractivity contribution in [1.29, 1.82) is 0 Å². The van der Waals surface area contributed by atoms with Gasteiger partial charge in [-0.2, -0.15) is 0 Å². The van der Waals surface area contributed by atoms with E-state index in [9.17, 15) is 9.59 Å². The summed E-state index contributed by atoms with van der Waals surface area (Å²) < 4.78 is 4.83. The molecule has 5 heteroatoms. The normalized spacial score (nSPS) is 12.2. The Hall–Kier alpha value is -1.36. The SMILES string of the molecule is C=CCN(CC(=O)OCC)CC(C)C(N)=O. The number of amides is 1. The first-order valence-electron chi connectivity index (χ1n) is 5.29. The predicted octanol–water partition coefficient (Wildman–Crippen LogP) is 0.159. The van der Waals surface area contributed by atoms with Gasteiger partial charge in [0.05, 0.1) is 13.2 Å². The minimum Gasteiger partial charge on any atom is -0.465 e. The van der Waals surface area contributed by atoms with Gasteiger partial charge in [-0.3, -0.25) is 14.5 Å². The van der Waals surface area contributed by atoms with E-state index in [2.05, 4.69) is 6.58 Å². The van der Waals surface area contributed by atoms with Gasteiger partial charge >= 0.3 is 5.97 Å². The van der Waals surface area contributed by atoms with Crippen LogP contribution in [0.5, 0.6) is 0 Å². The standard InChI is InChI=1S/C11H20N2O3/c1-4-6-13(7-9(3)11(12)15)8-10(14)16-5-2/h4,9H,1,5-8H2,2-3H3,(H2,12,15). The van der Waals surface area contributed by atoms with Gasteiger partial charge in [0, 0.05) is 19.0 Å². The van der Waals surface area contributed by atoms with Gasteiger partial charge in [-0.05, 0) is 6.92 Å². The third kappa shape index (κ3) is 6.19. The maximum absolute atomic E-state index is 11.3. The van der Waals surface area contributed by atoms with E-state index in [0.717, 1.165) is 0 Å². The lowest BCUT2D eigenvalue weighted by atomic mass is 10.1. The summed E-state index contributed by atoms with van der Waals surface area (Å²) in [5.74, 6) is -0.978. The fourth-order valence-electron chi connectivity index (χ4n) is 1.25. The van der Waals surface area contributed by atoms with Crippen molar-refractivity contribution in [2.24, 2.45) is 11.7 Å². The van der Waals surface area contributed by atoms with Crippen LogP contribution in [0.25, 0.3) is 0 Å². The molecular weight excluding hydrogens is 208 g/mol. The molecule has 0 aromatic heterocycles. The molecule has 0 saturated carbocycles. The second-order valence-corrected chi connectivity index (χ2v) is 3.59. The van der Waals surface area contributed by atoms with Crippen molar-refractivity contribution in [2.45, 2.75) is 13.8 Å². The molecule has 2 N–H and O–H groups in total. The first-order valence-corrected chi connectivity index (χ1v) is 5.29. The van der Waals surface area contributed by atoms with Gasteiger partial charge in [0.1, 0.15) is 0 Å². The lowest BCUT2D eigenvalue weighted by Gasteiger charge is -2.21. The summed E-state index contributed by atoms with van der Waals surface area (Å²) >= 11 is 0. The van der Waals surface area contributed by atoms with Gasteiger partial charge in [-0.15, -0.1) is 6.58 Å². The molecule has 0 bridgehead atoms. The maximum atomic E-state index is 11.3. The van der Waals surface area contributed by atoms with E-state index in [-0.39, 0.29) is 24.3 Å². The van der Waals surface area contributed by atoms with E-state index in [1.165, 1.54) is 0 Å². The fourth-order valence-corrected chi connectivity index (χ4v) is 1.25. The second kappa shape index (κ2) is 7.87. The van der Waals surface area contributed by atoms with Crippen LogP contribution in [-0.4, -0.2) is 43.0 Å². The summed E-state index contributed by atoms with van der Waals surface area (Å²) in [5, 5.41) is 0. The second-order valence-electron chi connectivity index (χ2n) is 3.59. The predicted molar refractivity (Wildman–Crippen MR) is 61.6 cm³/mol. The van der Waals surface area contributed by atoms with E-state index in [1.54, 1.807) is 24.8 Å². The van der Waals surface area contributed by atoms with Crippen molar-refractivity contribution in [2.75, 3.05) is 26.2 Å². The summed E-state index contributed by atoms with van der Waals surface area (Å²) in [5.41, 5.74) is 5.16. The summed E-state index contributed by atoms with van der Waals surface area (Å²) in [4.78, 5) is 23.9. The highest BCUT2D eigenvalue weighted by atomic mass is 16.5. The Labute approximate surface area is 96.2 Å². The average molecular weight is 228 g/mol. The number of ether oxygens (including phenoxy) is 1. The number of nitrogens with zero attached hydrogens (tertiary/aromatic N) is 1. The average Bonchev–Trinajstić information content (AvgIpc) is 2.17. The zero-order valence-corrected chi connectivity index (χ0v) is 9.94. The van der Waals surface area contributed by atoms with Crippen LogP contribution in [0.2, 0.25) is 0 Å². The third-order valence-electron chi connectivity index (χ3n) is 2.06. The van der Waals surface area contributed by atoms with Crippen LogP contribution in [0, 0.1) is 5.92 Å². The summed E-state index contributed by atoms with van der Waals surface area (Å²) in [6, 6.07) is 0. The quantitative estimate of drug-likeness (QED) is 0.474. The molecule has 0 heterocycles. The number of carbonyl (C=O) groups is 2. The zero-order chi connectivity index (χ0) is 12.6. The van der Waals surface area contributed by atoms with Gasteiger partial charge in [-0.25, -0.2) is 0 Å². The molecule has 0 aliphatic carbocycles. The molecule has 0 aliphatic rings. The number of hydrogen-bond acceptors (Lipinski definition) is 4. The molecule has 0 aromatic rings. The molecular formula is C11H20N2O3. The molecule has 0 rings (SSSR count). The molecule has 1 amide bonds. The maximum Gasteiger partial charge on any atom is 0.320 e. The molecule has 0 aliphatic heterocycles. The number of hydrogen-bond donors (Lipinski definition) is 1. The third-order valence-corrected chi connectivity index (χ3v) is 2.06. The molecule has 1 unspecified atom stereocenters. The number of esters is 1. The van der Waals surface area contributed by atoms with Crippen LogP contribution in [0.15, 0.2) is 12.7 Å². The molecule has 16 heavy (non-hydrogen) atoms. The van der Waals surface area contributed by atoms with Crippen LogP contribution in [0.1, 0.15) is 13.8 Å². The van der Waals surface area contributed by atoms with Crippen LogP contribution in [0.3, 0.4) is 0 Å². The summed E-state index contributed by atoms with van der Waals surface area (Å²) in [6.45, 7) is 8.53. The Morgan fingerprint density at radius 2 is 2.19 bits per heavy atom. The topological polar surface area (TPSA) is 72.6 Å². The molecule has 92 valence electrons. The monoisotopic (exact) mass is 228 g/mol. The Bertz CT molecular complexity index is 254. The van der Waals surface area contributed by atoms with Gasteiger partial charge < -0.3 is 10.5 Å². The van der Waals surface area contributed by atoms with Crippen molar-refractivity contribution in [3.63, 3.8) is 0 Å².